The third-order valence-electron chi connectivity index (χ3n) is 4.96. The molecule has 0 atom stereocenters. The predicted molar refractivity (Wildman–Crippen MR) is 150 cm³/mol. The van der Waals surface area contributed by atoms with Gasteiger partial charge < -0.3 is 26.0 Å². The molecular formula is C23H22Cl3N7O4S. The minimum Gasteiger partial charge on any atom is -0.494 e. The Morgan fingerprint density at radius 2 is 1.87 bits per heavy atom. The highest BCUT2D eigenvalue weighted by molar-refractivity contribution is 7.13. The molecule has 5 N–H and O–H groups in total. The minimum absolute atomic E-state index is 0.0356. The predicted octanol–water partition coefficient (Wildman–Crippen LogP) is 4.70. The second kappa shape index (κ2) is 12.8. The van der Waals surface area contributed by atoms with Gasteiger partial charge in [0.25, 0.3) is 11.8 Å². The maximum atomic E-state index is 13.2. The molecule has 1 aromatic carbocycles. The fourth-order valence-corrected chi connectivity index (χ4v) is 4.82. The second-order valence-corrected chi connectivity index (χ2v) is 9.73. The zero-order valence-electron chi connectivity index (χ0n) is 20.3. The van der Waals surface area contributed by atoms with Crippen molar-refractivity contribution in [1.82, 2.24) is 15.2 Å². The SMILES string of the molecule is CN=C(NC(N)=O)N(C)Cc1csc(C(=O)Nc2c(OC)cc(Cl)cc2C(=O)Nc2ccc(Cl)cn2)c1Cl. The summed E-state index contributed by atoms with van der Waals surface area (Å²) in [7, 11) is 4.54. The van der Waals surface area contributed by atoms with E-state index in [9.17, 15) is 14.4 Å². The number of urea groups is 1. The van der Waals surface area contributed by atoms with E-state index >= 15 is 0 Å². The van der Waals surface area contributed by atoms with Crippen molar-refractivity contribution in [3.63, 3.8) is 0 Å². The first kappa shape index (κ1) is 29.0. The molecule has 2 heterocycles. The van der Waals surface area contributed by atoms with Gasteiger partial charge in [0.2, 0.25) is 5.96 Å². The highest BCUT2D eigenvalue weighted by Gasteiger charge is 2.24. The normalized spacial score (nSPS) is 11.1. The lowest BCUT2D eigenvalue weighted by molar-refractivity contribution is 0.102. The Morgan fingerprint density at radius 1 is 1.13 bits per heavy atom. The molecule has 15 heteroatoms. The van der Waals surface area contributed by atoms with Crippen molar-refractivity contribution in [1.29, 1.82) is 0 Å². The quantitative estimate of drug-likeness (QED) is 0.229. The molecular weight excluding hydrogens is 577 g/mol. The van der Waals surface area contributed by atoms with Crippen LogP contribution in [0.2, 0.25) is 15.1 Å². The van der Waals surface area contributed by atoms with Gasteiger partial charge in [-0.3, -0.25) is 19.9 Å². The van der Waals surface area contributed by atoms with Crippen LogP contribution in [0.15, 0.2) is 40.8 Å². The number of nitrogens with one attached hydrogen (secondary N) is 3. The number of amides is 4. The summed E-state index contributed by atoms with van der Waals surface area (Å²) in [5, 5.41) is 10.3. The van der Waals surface area contributed by atoms with E-state index in [1.54, 1.807) is 23.4 Å². The number of anilines is 2. The van der Waals surface area contributed by atoms with Crippen LogP contribution in [-0.2, 0) is 6.54 Å². The number of hydrogen-bond acceptors (Lipinski definition) is 7. The van der Waals surface area contributed by atoms with Gasteiger partial charge in [-0.25, -0.2) is 9.78 Å². The summed E-state index contributed by atoms with van der Waals surface area (Å²) >= 11 is 19.7. The molecule has 0 spiro atoms. The number of rotatable bonds is 7. The smallest absolute Gasteiger partial charge is 0.318 e. The summed E-state index contributed by atoms with van der Waals surface area (Å²) in [6.45, 7) is 0.224. The molecule has 4 amide bonds. The topological polar surface area (TPSA) is 151 Å². The van der Waals surface area contributed by atoms with Gasteiger partial charge in [-0.05, 0) is 23.6 Å². The third kappa shape index (κ3) is 7.04. The number of benzene rings is 1. The van der Waals surface area contributed by atoms with E-state index in [-0.39, 0.29) is 50.2 Å². The molecule has 38 heavy (non-hydrogen) atoms. The van der Waals surface area contributed by atoms with Gasteiger partial charge >= 0.3 is 6.03 Å². The van der Waals surface area contributed by atoms with Crippen LogP contribution in [0, 0.1) is 0 Å². The molecule has 0 saturated heterocycles. The van der Waals surface area contributed by atoms with E-state index in [1.165, 1.54) is 38.6 Å². The summed E-state index contributed by atoms with van der Waals surface area (Å²) < 4.78 is 5.37. The molecule has 3 rings (SSSR count). The Labute approximate surface area is 236 Å². The average Bonchev–Trinajstić information content (AvgIpc) is 3.24. The fraction of sp³-hybridized carbons (Fsp3) is 0.174. The molecule has 11 nitrogen and oxygen atoms in total. The number of nitrogens with two attached hydrogens (primary N) is 1. The van der Waals surface area contributed by atoms with Crippen LogP contribution < -0.4 is 26.4 Å². The van der Waals surface area contributed by atoms with Crippen molar-refractivity contribution in [2.75, 3.05) is 31.8 Å². The maximum absolute atomic E-state index is 13.2. The fourth-order valence-electron chi connectivity index (χ4n) is 3.26. The van der Waals surface area contributed by atoms with Gasteiger partial charge in [0.1, 0.15) is 16.4 Å². The van der Waals surface area contributed by atoms with Gasteiger partial charge in [0, 0.05) is 43.5 Å². The van der Waals surface area contributed by atoms with Crippen LogP contribution in [0.3, 0.4) is 0 Å². The Bertz CT molecular complexity index is 1400. The molecule has 0 aliphatic rings. The maximum Gasteiger partial charge on any atom is 0.318 e. The Balaban J connectivity index is 1.87. The first-order chi connectivity index (χ1) is 18.0. The standard InChI is InChI=1S/C23H22Cl3N7O4S/c1-28-23(32-22(27)36)33(2)9-11-10-38-19(17(11)26)21(35)31-18-14(6-13(25)7-15(18)37-3)20(34)30-16-5-4-12(24)8-29-16/h4-8,10H,9H2,1-3H3,(H,31,35)(H,29,30,34)(H3,27,28,32,36). The number of thiophene rings is 1. The number of methoxy groups -OCH3 is 1. The Morgan fingerprint density at radius 3 is 2.47 bits per heavy atom. The van der Waals surface area contributed by atoms with Crippen molar-refractivity contribution in [3.05, 3.63) is 66.9 Å². The number of carbonyl (C=O) groups excluding carboxylic acids is 3. The first-order valence-corrected chi connectivity index (χ1v) is 12.7. The molecule has 0 radical (unpaired) electrons. The van der Waals surface area contributed by atoms with Crippen LogP contribution in [0.1, 0.15) is 25.6 Å². The van der Waals surface area contributed by atoms with E-state index in [2.05, 4.69) is 25.9 Å². The zero-order chi connectivity index (χ0) is 28.0. The van der Waals surface area contributed by atoms with Gasteiger partial charge in [-0.15, -0.1) is 11.3 Å². The van der Waals surface area contributed by atoms with Crippen LogP contribution in [0.4, 0.5) is 16.3 Å². The van der Waals surface area contributed by atoms with E-state index in [4.69, 9.17) is 45.3 Å². The molecule has 0 saturated carbocycles. The number of pyridine rings is 1. The number of nitrogens with zero attached hydrogens (tertiary/aromatic N) is 3. The molecule has 0 unspecified atom stereocenters. The van der Waals surface area contributed by atoms with Crippen molar-refractivity contribution in [3.8, 4) is 5.75 Å². The van der Waals surface area contributed by atoms with Crippen molar-refractivity contribution in [2.45, 2.75) is 6.54 Å². The van der Waals surface area contributed by atoms with Gasteiger partial charge in [0.05, 0.1) is 28.4 Å². The third-order valence-corrected chi connectivity index (χ3v) is 6.97. The molecule has 200 valence electrons. The van der Waals surface area contributed by atoms with E-state index in [0.29, 0.717) is 10.6 Å². The van der Waals surface area contributed by atoms with Crippen LogP contribution in [0.25, 0.3) is 0 Å². The molecule has 2 aromatic heterocycles. The lowest BCUT2D eigenvalue weighted by atomic mass is 10.1. The van der Waals surface area contributed by atoms with Crippen LogP contribution >= 0.6 is 46.1 Å². The number of aromatic nitrogens is 1. The highest BCUT2D eigenvalue weighted by atomic mass is 35.5. The first-order valence-electron chi connectivity index (χ1n) is 10.7. The number of aliphatic imine (C=N–C) groups is 1. The highest BCUT2D eigenvalue weighted by Crippen LogP contribution is 2.35. The molecule has 3 aromatic rings. The number of halogens is 3. The van der Waals surface area contributed by atoms with Crippen LogP contribution in [-0.4, -0.2) is 54.9 Å². The lowest BCUT2D eigenvalue weighted by Gasteiger charge is -2.20. The van der Waals surface area contributed by atoms with E-state index < -0.39 is 17.8 Å². The van der Waals surface area contributed by atoms with Gasteiger partial charge in [-0.1, -0.05) is 34.8 Å². The number of primary amides is 1. The van der Waals surface area contributed by atoms with Crippen LogP contribution in [0.5, 0.6) is 5.75 Å². The van der Waals surface area contributed by atoms with E-state index in [0.717, 1.165) is 11.3 Å². The summed E-state index contributed by atoms with van der Waals surface area (Å²) in [5.41, 5.74) is 5.90. The monoisotopic (exact) mass is 597 g/mol. The van der Waals surface area contributed by atoms with Crippen molar-refractivity contribution < 1.29 is 19.1 Å². The largest absolute Gasteiger partial charge is 0.494 e. The summed E-state index contributed by atoms with van der Waals surface area (Å²) in [4.78, 5) is 47.4. The number of ether oxygens (including phenoxy) is 1. The summed E-state index contributed by atoms with van der Waals surface area (Å²) in [6, 6.07) is 5.18. The number of carbonyl (C=O) groups is 3. The summed E-state index contributed by atoms with van der Waals surface area (Å²) in [6.07, 6.45) is 1.38. The zero-order valence-corrected chi connectivity index (χ0v) is 23.3. The van der Waals surface area contributed by atoms with E-state index in [1.807, 2.05) is 0 Å². The molecule has 0 bridgehead atoms. The Kier molecular flexibility index (Phi) is 9.75. The molecule has 0 fully saturated rings. The number of guanidine groups is 1. The lowest BCUT2D eigenvalue weighted by Crippen LogP contribution is -2.44. The minimum atomic E-state index is -0.766. The molecule has 0 aliphatic heterocycles. The van der Waals surface area contributed by atoms with Crippen molar-refractivity contribution >= 4 is 81.4 Å². The van der Waals surface area contributed by atoms with Crippen molar-refractivity contribution in [2.24, 2.45) is 10.7 Å². The molecule has 0 aliphatic carbocycles. The van der Waals surface area contributed by atoms with Gasteiger partial charge in [-0.2, -0.15) is 0 Å². The van der Waals surface area contributed by atoms with Gasteiger partial charge in [0.15, 0.2) is 0 Å². The Hall–Kier alpha value is -3.58. The summed E-state index contributed by atoms with van der Waals surface area (Å²) in [5.74, 6) is -0.542. The average molecular weight is 599 g/mol. The second-order valence-electron chi connectivity index (χ2n) is 7.60. The number of hydrogen-bond donors (Lipinski definition) is 4.